The lowest BCUT2D eigenvalue weighted by Crippen LogP contribution is -2.43. The van der Waals surface area contributed by atoms with Crippen LogP contribution in [-0.2, 0) is 19.1 Å². The Morgan fingerprint density at radius 3 is 1.96 bits per heavy atom. The van der Waals surface area contributed by atoms with Crippen LogP contribution in [0.1, 0.15) is 48.0 Å². The monoisotopic (exact) mass is 329 g/mol. The van der Waals surface area contributed by atoms with E-state index < -0.39 is 35.1 Å². The number of ketones is 1. The Labute approximate surface area is 137 Å². The van der Waals surface area contributed by atoms with Crippen molar-refractivity contribution < 1.29 is 29.0 Å². The number of carbonyl (C=O) groups excluding carboxylic acids is 3. The lowest BCUT2D eigenvalue weighted by Gasteiger charge is -2.22. The number of carbonyl (C=O) groups is 3. The summed E-state index contributed by atoms with van der Waals surface area (Å²) in [6.45, 7) is 9.90. The van der Waals surface area contributed by atoms with Crippen LogP contribution in [-0.4, -0.2) is 46.8 Å². The highest BCUT2D eigenvalue weighted by Crippen LogP contribution is 2.09. The van der Waals surface area contributed by atoms with Crippen molar-refractivity contribution in [2.45, 2.75) is 65.2 Å². The lowest BCUT2D eigenvalue weighted by molar-refractivity contribution is -0.148. The first-order valence-corrected chi connectivity index (χ1v) is 7.39. The van der Waals surface area contributed by atoms with Gasteiger partial charge in [-0.15, -0.1) is 0 Å². The highest BCUT2D eigenvalue weighted by molar-refractivity contribution is 6.00. The predicted octanol–water partition coefficient (Wildman–Crippen LogP) is 1.73. The fourth-order valence-electron chi connectivity index (χ4n) is 1.47. The van der Waals surface area contributed by atoms with Gasteiger partial charge in [-0.05, 0) is 54.0 Å². The number of aliphatic hydroxyl groups excluding tert-OH is 1. The largest absolute Gasteiger partial charge is 0.457 e. The number of ether oxygens (including phenoxy) is 2. The highest BCUT2D eigenvalue weighted by Gasteiger charge is 2.23. The van der Waals surface area contributed by atoms with Crippen LogP contribution in [0.15, 0.2) is 12.2 Å². The van der Waals surface area contributed by atoms with Crippen LogP contribution in [0.2, 0.25) is 0 Å². The zero-order chi connectivity index (χ0) is 18.3. The normalized spacial score (nSPS) is 13.5. The second-order valence-electron chi connectivity index (χ2n) is 6.98. The first-order chi connectivity index (χ1) is 10.3. The second-order valence-corrected chi connectivity index (χ2v) is 6.98. The molecule has 132 valence electrons. The molecule has 0 aliphatic rings. The quantitative estimate of drug-likeness (QED) is 0.568. The van der Waals surface area contributed by atoms with E-state index in [1.165, 1.54) is 0 Å². The molecule has 0 aromatic heterocycles. The minimum absolute atomic E-state index is 0.0106. The van der Waals surface area contributed by atoms with Crippen LogP contribution in [0.3, 0.4) is 0 Å². The minimum Gasteiger partial charge on any atom is -0.457 e. The van der Waals surface area contributed by atoms with Crippen LogP contribution < -0.4 is 5.32 Å². The molecule has 1 amide bonds. The summed E-state index contributed by atoms with van der Waals surface area (Å²) in [6.07, 6.45) is 1.26. The third kappa shape index (κ3) is 11.3. The van der Waals surface area contributed by atoms with Gasteiger partial charge in [0.05, 0.1) is 6.04 Å². The molecule has 7 heteroatoms. The van der Waals surface area contributed by atoms with Crippen molar-refractivity contribution >= 4 is 17.8 Å². The summed E-state index contributed by atoms with van der Waals surface area (Å²) >= 11 is 0. The molecule has 1 atom stereocenters. The average Bonchev–Trinajstić information content (AvgIpc) is 2.31. The SMILES string of the molecule is CC(C)(C)OC(=O)/C=C/C(=O)[C@H](CCO)NC(=O)OC(C)(C)C. The molecule has 0 aromatic rings. The van der Waals surface area contributed by atoms with Gasteiger partial charge < -0.3 is 19.9 Å². The molecule has 0 rings (SSSR count). The number of aliphatic hydroxyl groups is 1. The lowest BCUT2D eigenvalue weighted by atomic mass is 10.1. The number of alkyl carbamates (subject to hydrolysis) is 1. The molecule has 0 saturated heterocycles. The van der Waals surface area contributed by atoms with Gasteiger partial charge in [-0.2, -0.15) is 0 Å². The van der Waals surface area contributed by atoms with Gasteiger partial charge in [0.1, 0.15) is 11.2 Å². The summed E-state index contributed by atoms with van der Waals surface area (Å²) in [5, 5.41) is 11.4. The van der Waals surface area contributed by atoms with Gasteiger partial charge in [-0.3, -0.25) is 4.79 Å². The van der Waals surface area contributed by atoms with Crippen LogP contribution in [0.5, 0.6) is 0 Å². The molecule has 0 aromatic carbocycles. The van der Waals surface area contributed by atoms with Crippen LogP contribution >= 0.6 is 0 Å². The Bertz CT molecular complexity index is 456. The van der Waals surface area contributed by atoms with Crippen LogP contribution in [0, 0.1) is 0 Å². The third-order valence-corrected chi connectivity index (χ3v) is 2.24. The van der Waals surface area contributed by atoms with Crippen molar-refractivity contribution in [3.05, 3.63) is 12.2 Å². The van der Waals surface area contributed by atoms with Crippen molar-refractivity contribution in [1.29, 1.82) is 0 Å². The molecule has 0 unspecified atom stereocenters. The van der Waals surface area contributed by atoms with Crippen molar-refractivity contribution in [3.63, 3.8) is 0 Å². The Balaban J connectivity index is 4.74. The first kappa shape index (κ1) is 21.1. The zero-order valence-corrected chi connectivity index (χ0v) is 14.6. The molecular formula is C16H27NO6. The maximum Gasteiger partial charge on any atom is 0.408 e. The summed E-state index contributed by atoms with van der Waals surface area (Å²) in [6, 6.07) is -0.978. The van der Waals surface area contributed by atoms with Gasteiger partial charge in [-0.25, -0.2) is 9.59 Å². The van der Waals surface area contributed by atoms with Crippen molar-refractivity contribution in [3.8, 4) is 0 Å². The third-order valence-electron chi connectivity index (χ3n) is 2.24. The minimum atomic E-state index is -0.978. The Morgan fingerprint density at radius 1 is 1.00 bits per heavy atom. The molecule has 0 radical (unpaired) electrons. The molecule has 0 heterocycles. The summed E-state index contributed by atoms with van der Waals surface area (Å²) in [5.41, 5.74) is -1.37. The zero-order valence-electron chi connectivity index (χ0n) is 14.6. The van der Waals surface area contributed by atoms with Crippen LogP contribution in [0.25, 0.3) is 0 Å². The van der Waals surface area contributed by atoms with Gasteiger partial charge in [-0.1, -0.05) is 0 Å². The molecule has 2 N–H and O–H groups in total. The summed E-state index contributed by atoms with van der Waals surface area (Å²) < 4.78 is 10.1. The molecule has 23 heavy (non-hydrogen) atoms. The first-order valence-electron chi connectivity index (χ1n) is 7.39. The van der Waals surface area contributed by atoms with E-state index in [1.807, 2.05) is 0 Å². The van der Waals surface area contributed by atoms with E-state index >= 15 is 0 Å². The summed E-state index contributed by atoms with van der Waals surface area (Å²) in [7, 11) is 0. The number of amides is 1. The van der Waals surface area contributed by atoms with Crippen molar-refractivity contribution in [2.75, 3.05) is 6.61 Å². The summed E-state index contributed by atoms with van der Waals surface area (Å²) in [4.78, 5) is 35.3. The van der Waals surface area contributed by atoms with Crippen molar-refractivity contribution in [1.82, 2.24) is 5.32 Å². The Kier molecular flexibility index (Phi) is 7.95. The average molecular weight is 329 g/mol. The molecule has 0 bridgehead atoms. The maximum absolute atomic E-state index is 12.0. The Hall–Kier alpha value is -1.89. The molecule has 0 spiro atoms. The smallest absolute Gasteiger partial charge is 0.408 e. The number of hydrogen-bond acceptors (Lipinski definition) is 6. The Morgan fingerprint density at radius 2 is 1.52 bits per heavy atom. The summed E-state index contributed by atoms with van der Waals surface area (Å²) in [5.74, 6) is -1.19. The molecule has 0 aliphatic carbocycles. The second kappa shape index (κ2) is 8.67. The van der Waals surface area contributed by atoms with E-state index in [4.69, 9.17) is 14.6 Å². The number of nitrogens with one attached hydrogen (secondary N) is 1. The van der Waals surface area contributed by atoms with Crippen LogP contribution in [0.4, 0.5) is 4.79 Å². The van der Waals surface area contributed by atoms with Gasteiger partial charge in [0, 0.05) is 12.7 Å². The van der Waals surface area contributed by atoms with Gasteiger partial charge in [0.25, 0.3) is 0 Å². The van der Waals surface area contributed by atoms with E-state index in [0.29, 0.717) is 0 Å². The fraction of sp³-hybridized carbons (Fsp3) is 0.688. The molecule has 0 aliphatic heterocycles. The van der Waals surface area contributed by atoms with E-state index in [2.05, 4.69) is 5.32 Å². The number of rotatable bonds is 6. The van der Waals surface area contributed by atoms with E-state index in [1.54, 1.807) is 41.5 Å². The topological polar surface area (TPSA) is 102 Å². The molecule has 0 saturated carbocycles. The van der Waals surface area contributed by atoms with Crippen molar-refractivity contribution in [2.24, 2.45) is 0 Å². The number of hydrogen-bond donors (Lipinski definition) is 2. The molecule has 0 fully saturated rings. The van der Waals surface area contributed by atoms with Gasteiger partial charge >= 0.3 is 12.1 Å². The highest BCUT2D eigenvalue weighted by atomic mass is 16.6. The fourth-order valence-corrected chi connectivity index (χ4v) is 1.47. The maximum atomic E-state index is 12.0. The van der Waals surface area contributed by atoms with E-state index in [9.17, 15) is 14.4 Å². The standard InChI is InChI=1S/C16H27NO6/c1-15(2,3)22-13(20)8-7-12(19)11(9-10-18)17-14(21)23-16(4,5)6/h7-8,11,18H,9-10H2,1-6H3,(H,17,21)/b8-7+/t11-/m0/s1. The predicted molar refractivity (Wildman–Crippen MR) is 84.9 cm³/mol. The molecule has 7 nitrogen and oxygen atoms in total. The number of esters is 1. The van der Waals surface area contributed by atoms with E-state index in [-0.39, 0.29) is 13.0 Å². The van der Waals surface area contributed by atoms with Gasteiger partial charge in [0.15, 0.2) is 5.78 Å². The van der Waals surface area contributed by atoms with Gasteiger partial charge in [0.2, 0.25) is 0 Å². The molecular weight excluding hydrogens is 302 g/mol. The van der Waals surface area contributed by atoms with E-state index in [0.717, 1.165) is 12.2 Å².